The van der Waals surface area contributed by atoms with E-state index in [-0.39, 0.29) is 5.41 Å². The van der Waals surface area contributed by atoms with E-state index in [9.17, 15) is 0 Å². The molecule has 2 aromatic carbocycles. The summed E-state index contributed by atoms with van der Waals surface area (Å²) in [6, 6.07) is 16.8. The van der Waals surface area contributed by atoms with Crippen LogP contribution in [0.2, 0.25) is 5.02 Å². The zero-order valence-electron chi connectivity index (χ0n) is 10.5. The summed E-state index contributed by atoms with van der Waals surface area (Å²) in [5, 5.41) is 4.20. The molecule has 1 saturated heterocycles. The van der Waals surface area contributed by atoms with Crippen molar-refractivity contribution in [1.82, 2.24) is 5.32 Å². The highest BCUT2D eigenvalue weighted by Crippen LogP contribution is 2.33. The van der Waals surface area contributed by atoms with Crippen LogP contribution in [0, 0.1) is 0 Å². The van der Waals surface area contributed by atoms with Crippen LogP contribution in [0.3, 0.4) is 0 Å². The molecule has 19 heavy (non-hydrogen) atoms. The Kier molecular flexibility index (Phi) is 3.66. The number of halogens is 2. The van der Waals surface area contributed by atoms with Gasteiger partial charge in [-0.2, -0.15) is 0 Å². The van der Waals surface area contributed by atoms with Gasteiger partial charge >= 0.3 is 0 Å². The molecular weight excluding hydrogens is 322 g/mol. The highest BCUT2D eigenvalue weighted by molar-refractivity contribution is 9.10. The van der Waals surface area contributed by atoms with E-state index in [0.29, 0.717) is 0 Å². The number of nitrogens with one attached hydrogen (secondary N) is 1. The SMILES string of the molecule is Clc1ccc(C2(Cc3cccc(Br)c3)CNC2)cc1. The molecule has 0 aromatic heterocycles. The van der Waals surface area contributed by atoms with E-state index in [1.165, 1.54) is 11.1 Å². The molecule has 1 fully saturated rings. The monoisotopic (exact) mass is 335 g/mol. The van der Waals surface area contributed by atoms with E-state index < -0.39 is 0 Å². The molecule has 0 amide bonds. The topological polar surface area (TPSA) is 12.0 Å². The summed E-state index contributed by atoms with van der Waals surface area (Å²) in [5.41, 5.74) is 2.95. The van der Waals surface area contributed by atoms with Gasteiger partial charge in [-0.1, -0.05) is 51.8 Å². The first-order valence-electron chi connectivity index (χ1n) is 6.39. The van der Waals surface area contributed by atoms with Gasteiger partial charge in [0.25, 0.3) is 0 Å². The van der Waals surface area contributed by atoms with Crippen LogP contribution in [0.25, 0.3) is 0 Å². The second kappa shape index (κ2) is 5.28. The fraction of sp³-hybridized carbons (Fsp3) is 0.250. The lowest BCUT2D eigenvalue weighted by Crippen LogP contribution is -2.58. The zero-order valence-corrected chi connectivity index (χ0v) is 12.8. The molecule has 3 heteroatoms. The third-order valence-corrected chi connectivity index (χ3v) is 4.56. The molecule has 0 spiro atoms. The quantitative estimate of drug-likeness (QED) is 0.886. The molecule has 0 aliphatic carbocycles. The van der Waals surface area contributed by atoms with Crippen LogP contribution < -0.4 is 5.32 Å². The van der Waals surface area contributed by atoms with Gasteiger partial charge in [0.1, 0.15) is 0 Å². The standard InChI is InChI=1S/C16H15BrClN/c17-14-3-1-2-12(8-14)9-16(10-19-11-16)13-4-6-15(18)7-5-13/h1-8,19H,9-11H2. The third-order valence-electron chi connectivity index (χ3n) is 3.81. The lowest BCUT2D eigenvalue weighted by Gasteiger charge is -2.43. The van der Waals surface area contributed by atoms with Crippen LogP contribution in [-0.2, 0) is 11.8 Å². The second-order valence-electron chi connectivity index (χ2n) is 5.20. The minimum Gasteiger partial charge on any atom is -0.315 e. The van der Waals surface area contributed by atoms with Crippen LogP contribution in [0.5, 0.6) is 0 Å². The Morgan fingerprint density at radius 1 is 1.11 bits per heavy atom. The number of rotatable bonds is 3. The maximum absolute atomic E-state index is 5.98. The first-order valence-corrected chi connectivity index (χ1v) is 7.56. The van der Waals surface area contributed by atoms with E-state index in [1.807, 2.05) is 12.1 Å². The van der Waals surface area contributed by atoms with E-state index >= 15 is 0 Å². The van der Waals surface area contributed by atoms with Gasteiger partial charge in [-0.05, 0) is 41.8 Å². The molecule has 0 atom stereocenters. The Morgan fingerprint density at radius 3 is 2.42 bits per heavy atom. The normalized spacial score (nSPS) is 16.9. The average Bonchev–Trinajstić information content (AvgIpc) is 2.35. The molecule has 1 heterocycles. The molecule has 0 unspecified atom stereocenters. The van der Waals surface area contributed by atoms with Crippen LogP contribution >= 0.6 is 27.5 Å². The van der Waals surface area contributed by atoms with Crippen molar-refractivity contribution in [3.05, 3.63) is 69.2 Å². The fourth-order valence-corrected chi connectivity index (χ4v) is 3.27. The van der Waals surface area contributed by atoms with Crippen molar-refractivity contribution in [2.45, 2.75) is 11.8 Å². The van der Waals surface area contributed by atoms with Gasteiger partial charge in [0.15, 0.2) is 0 Å². The van der Waals surface area contributed by atoms with Crippen molar-refractivity contribution in [2.24, 2.45) is 0 Å². The zero-order chi connectivity index (χ0) is 13.3. The largest absolute Gasteiger partial charge is 0.315 e. The lowest BCUT2D eigenvalue weighted by molar-refractivity contribution is 0.274. The minimum atomic E-state index is 0.214. The Balaban J connectivity index is 1.89. The van der Waals surface area contributed by atoms with Crippen molar-refractivity contribution in [3.63, 3.8) is 0 Å². The van der Waals surface area contributed by atoms with E-state index in [2.05, 4.69) is 57.6 Å². The van der Waals surface area contributed by atoms with Crippen molar-refractivity contribution in [2.75, 3.05) is 13.1 Å². The predicted octanol–water partition coefficient (Wildman–Crippen LogP) is 4.19. The molecule has 1 aliphatic heterocycles. The van der Waals surface area contributed by atoms with Crippen LogP contribution in [0.4, 0.5) is 0 Å². The lowest BCUT2D eigenvalue weighted by atomic mass is 9.71. The summed E-state index contributed by atoms with van der Waals surface area (Å²) in [7, 11) is 0. The van der Waals surface area contributed by atoms with Crippen LogP contribution in [-0.4, -0.2) is 13.1 Å². The average molecular weight is 337 g/mol. The summed E-state index contributed by atoms with van der Waals surface area (Å²) < 4.78 is 1.14. The molecule has 1 nitrogen and oxygen atoms in total. The summed E-state index contributed by atoms with van der Waals surface area (Å²) in [5.74, 6) is 0. The maximum Gasteiger partial charge on any atom is 0.0406 e. The van der Waals surface area contributed by atoms with Crippen LogP contribution in [0.1, 0.15) is 11.1 Å². The van der Waals surface area contributed by atoms with E-state index in [0.717, 1.165) is 29.0 Å². The molecule has 1 aliphatic rings. The fourth-order valence-electron chi connectivity index (χ4n) is 2.70. The molecule has 2 aromatic rings. The Morgan fingerprint density at radius 2 is 1.84 bits per heavy atom. The molecule has 98 valence electrons. The van der Waals surface area contributed by atoms with E-state index in [1.54, 1.807) is 0 Å². The van der Waals surface area contributed by atoms with Gasteiger partial charge in [-0.15, -0.1) is 0 Å². The first-order chi connectivity index (χ1) is 9.18. The van der Waals surface area contributed by atoms with E-state index in [4.69, 9.17) is 11.6 Å². The van der Waals surface area contributed by atoms with Gasteiger partial charge in [0.2, 0.25) is 0 Å². The van der Waals surface area contributed by atoms with Gasteiger partial charge in [0, 0.05) is 28.0 Å². The Bertz CT molecular complexity index is 576. The summed E-state index contributed by atoms with van der Waals surface area (Å²) in [6.07, 6.45) is 1.06. The van der Waals surface area contributed by atoms with Gasteiger partial charge in [0.05, 0.1) is 0 Å². The van der Waals surface area contributed by atoms with Crippen molar-refractivity contribution >= 4 is 27.5 Å². The van der Waals surface area contributed by atoms with Crippen molar-refractivity contribution in [3.8, 4) is 0 Å². The molecule has 1 N–H and O–H groups in total. The van der Waals surface area contributed by atoms with Gasteiger partial charge < -0.3 is 5.32 Å². The number of hydrogen-bond acceptors (Lipinski definition) is 1. The van der Waals surface area contributed by atoms with Crippen molar-refractivity contribution in [1.29, 1.82) is 0 Å². The molecule has 3 rings (SSSR count). The summed E-state index contributed by atoms with van der Waals surface area (Å²) in [4.78, 5) is 0. The molecule has 0 bridgehead atoms. The smallest absolute Gasteiger partial charge is 0.0406 e. The maximum atomic E-state index is 5.98. The number of hydrogen-bond donors (Lipinski definition) is 1. The molecular formula is C16H15BrClN. The molecule has 0 radical (unpaired) electrons. The highest BCUT2D eigenvalue weighted by Gasteiger charge is 2.38. The first kappa shape index (κ1) is 13.2. The minimum absolute atomic E-state index is 0.214. The Labute approximate surface area is 127 Å². The van der Waals surface area contributed by atoms with Gasteiger partial charge in [-0.25, -0.2) is 0 Å². The molecule has 0 saturated carbocycles. The van der Waals surface area contributed by atoms with Gasteiger partial charge in [-0.3, -0.25) is 0 Å². The second-order valence-corrected chi connectivity index (χ2v) is 6.55. The highest BCUT2D eigenvalue weighted by atomic mass is 79.9. The van der Waals surface area contributed by atoms with Crippen LogP contribution in [0.15, 0.2) is 53.0 Å². The number of benzene rings is 2. The predicted molar refractivity (Wildman–Crippen MR) is 83.8 cm³/mol. The van der Waals surface area contributed by atoms with Crippen molar-refractivity contribution < 1.29 is 0 Å². The Hall–Kier alpha value is -0.830. The summed E-state index contributed by atoms with van der Waals surface area (Å²) in [6.45, 7) is 2.06. The third kappa shape index (κ3) is 2.71. The summed E-state index contributed by atoms with van der Waals surface area (Å²) >= 11 is 9.52.